The lowest BCUT2D eigenvalue weighted by atomic mass is 10.1. The lowest BCUT2D eigenvalue weighted by molar-refractivity contribution is 0.00347. The van der Waals surface area contributed by atoms with E-state index < -0.39 is 0 Å². The molecule has 0 unspecified atom stereocenters. The minimum absolute atomic E-state index is 0.0540. The van der Waals surface area contributed by atoms with Crippen molar-refractivity contribution in [3.05, 3.63) is 11.6 Å². The third kappa shape index (κ3) is 3.04. The molecule has 0 aromatic carbocycles. The summed E-state index contributed by atoms with van der Waals surface area (Å²) in [6.07, 6.45) is 3.31. The van der Waals surface area contributed by atoms with Crippen LogP contribution in [-0.4, -0.2) is 35.7 Å². The summed E-state index contributed by atoms with van der Waals surface area (Å²) in [4.78, 5) is 2.27. The summed E-state index contributed by atoms with van der Waals surface area (Å²) in [5, 5.41) is 8.97. The third-order valence-electron chi connectivity index (χ3n) is 1.94. The van der Waals surface area contributed by atoms with Gasteiger partial charge in [0.2, 0.25) is 0 Å². The molecule has 0 radical (unpaired) electrons. The molecule has 0 spiro atoms. The Labute approximate surface area is 68.5 Å². The number of rotatable bonds is 3. The molecular weight excluding hydrogens is 138 g/mol. The Balaban J connectivity index is 2.01. The second-order valence-corrected chi connectivity index (χ2v) is 3.48. The lowest BCUT2D eigenvalue weighted by Crippen LogP contribution is -2.50. The van der Waals surface area contributed by atoms with Crippen LogP contribution in [0.5, 0.6) is 0 Å². The van der Waals surface area contributed by atoms with Gasteiger partial charge in [-0.2, -0.15) is 0 Å². The van der Waals surface area contributed by atoms with E-state index in [9.17, 15) is 0 Å². The smallest absolute Gasteiger partial charge is 0.0793 e. The van der Waals surface area contributed by atoms with E-state index in [4.69, 9.17) is 5.11 Å². The number of aliphatic hydroxyl groups excluding tert-OH is 1. The van der Waals surface area contributed by atoms with Crippen LogP contribution in [-0.2, 0) is 0 Å². The molecule has 11 heavy (non-hydrogen) atoms. The van der Waals surface area contributed by atoms with Crippen molar-refractivity contribution < 1.29 is 5.11 Å². The van der Waals surface area contributed by atoms with Crippen LogP contribution >= 0.6 is 0 Å². The van der Waals surface area contributed by atoms with Gasteiger partial charge in [0.25, 0.3) is 0 Å². The number of nitrogens with zero attached hydrogens (tertiary/aromatic N) is 1. The Hall–Kier alpha value is -0.340. The average molecular weight is 155 g/mol. The summed E-state index contributed by atoms with van der Waals surface area (Å²) < 4.78 is 0. The maximum Gasteiger partial charge on any atom is 0.0793 e. The van der Waals surface area contributed by atoms with Gasteiger partial charge in [0.1, 0.15) is 0 Å². The molecule has 2 nitrogen and oxygen atoms in total. The van der Waals surface area contributed by atoms with Crippen molar-refractivity contribution in [1.29, 1.82) is 0 Å². The summed E-state index contributed by atoms with van der Waals surface area (Å²) in [6.45, 7) is 7.07. The highest BCUT2D eigenvalue weighted by Crippen LogP contribution is 2.07. The van der Waals surface area contributed by atoms with Crippen LogP contribution < -0.4 is 0 Å². The summed E-state index contributed by atoms with van der Waals surface area (Å²) in [5.41, 5.74) is 1.38. The van der Waals surface area contributed by atoms with E-state index in [1.54, 1.807) is 0 Å². The molecule has 0 aromatic heterocycles. The van der Waals surface area contributed by atoms with Gasteiger partial charge in [0.05, 0.1) is 6.10 Å². The van der Waals surface area contributed by atoms with E-state index in [0.717, 1.165) is 26.1 Å². The van der Waals surface area contributed by atoms with Gasteiger partial charge in [-0.1, -0.05) is 11.6 Å². The standard InChI is InChI=1S/C9H17NO/c1-8(2)4-3-5-10-6-9(11)7-10/h4,9,11H,3,5-7H2,1-2H3. The highest BCUT2D eigenvalue weighted by molar-refractivity contribution is 4.94. The Morgan fingerprint density at radius 2 is 2.18 bits per heavy atom. The number of allylic oxidation sites excluding steroid dienone is 1. The van der Waals surface area contributed by atoms with Crippen molar-refractivity contribution in [3.8, 4) is 0 Å². The van der Waals surface area contributed by atoms with Gasteiger partial charge in [0, 0.05) is 19.6 Å². The van der Waals surface area contributed by atoms with Gasteiger partial charge in [-0.3, -0.25) is 4.90 Å². The maximum atomic E-state index is 8.97. The third-order valence-corrected chi connectivity index (χ3v) is 1.94. The molecule has 1 heterocycles. The van der Waals surface area contributed by atoms with Gasteiger partial charge in [-0.15, -0.1) is 0 Å². The average Bonchev–Trinajstić information content (AvgIpc) is 1.83. The number of hydrogen-bond acceptors (Lipinski definition) is 2. The van der Waals surface area contributed by atoms with Crippen molar-refractivity contribution in [2.75, 3.05) is 19.6 Å². The van der Waals surface area contributed by atoms with Crippen LogP contribution in [0.25, 0.3) is 0 Å². The van der Waals surface area contributed by atoms with E-state index in [1.807, 2.05) is 0 Å². The summed E-state index contributed by atoms with van der Waals surface area (Å²) in [6, 6.07) is 0. The maximum absolute atomic E-state index is 8.97. The zero-order valence-corrected chi connectivity index (χ0v) is 7.38. The van der Waals surface area contributed by atoms with Crippen LogP contribution in [0.15, 0.2) is 11.6 Å². The number of β-amino-alcohol motifs (C(OH)–C–C–N with tert-alkyl or cyclic N) is 1. The van der Waals surface area contributed by atoms with Crippen LogP contribution in [0.1, 0.15) is 20.3 Å². The van der Waals surface area contributed by atoms with E-state index in [2.05, 4.69) is 24.8 Å². The van der Waals surface area contributed by atoms with Crippen molar-refractivity contribution in [2.45, 2.75) is 26.4 Å². The van der Waals surface area contributed by atoms with Gasteiger partial charge < -0.3 is 5.11 Å². The fourth-order valence-electron chi connectivity index (χ4n) is 1.26. The Morgan fingerprint density at radius 3 is 2.64 bits per heavy atom. The van der Waals surface area contributed by atoms with Crippen LogP contribution in [0.2, 0.25) is 0 Å². The highest BCUT2D eigenvalue weighted by Gasteiger charge is 2.22. The molecule has 0 aliphatic carbocycles. The molecule has 1 fully saturated rings. The Morgan fingerprint density at radius 1 is 1.55 bits per heavy atom. The van der Waals surface area contributed by atoms with Crippen LogP contribution in [0.3, 0.4) is 0 Å². The quantitative estimate of drug-likeness (QED) is 0.615. The fourth-order valence-corrected chi connectivity index (χ4v) is 1.26. The molecule has 0 amide bonds. The molecule has 0 aromatic rings. The predicted octanol–water partition coefficient (Wildman–Crippen LogP) is 1.02. The Kier molecular flexibility index (Phi) is 3.09. The number of aliphatic hydroxyl groups is 1. The normalized spacial score (nSPS) is 19.5. The number of hydrogen-bond donors (Lipinski definition) is 1. The largest absolute Gasteiger partial charge is 0.390 e. The van der Waals surface area contributed by atoms with Crippen LogP contribution in [0, 0.1) is 0 Å². The van der Waals surface area contributed by atoms with Crippen molar-refractivity contribution in [1.82, 2.24) is 4.90 Å². The zero-order chi connectivity index (χ0) is 8.27. The van der Waals surface area contributed by atoms with Gasteiger partial charge in [-0.25, -0.2) is 0 Å². The molecule has 0 atom stereocenters. The van der Waals surface area contributed by atoms with E-state index in [0.29, 0.717) is 0 Å². The minimum atomic E-state index is -0.0540. The van der Waals surface area contributed by atoms with E-state index in [-0.39, 0.29) is 6.10 Å². The van der Waals surface area contributed by atoms with Gasteiger partial charge in [0.15, 0.2) is 0 Å². The predicted molar refractivity (Wildman–Crippen MR) is 46.5 cm³/mol. The van der Waals surface area contributed by atoms with Crippen LogP contribution in [0.4, 0.5) is 0 Å². The number of likely N-dealkylation sites (tertiary alicyclic amines) is 1. The second kappa shape index (κ2) is 3.88. The second-order valence-electron chi connectivity index (χ2n) is 3.48. The molecule has 1 N–H and O–H groups in total. The molecule has 1 rings (SSSR count). The lowest BCUT2D eigenvalue weighted by Gasteiger charge is -2.35. The molecule has 1 aliphatic rings. The zero-order valence-electron chi connectivity index (χ0n) is 7.38. The highest BCUT2D eigenvalue weighted by atomic mass is 16.3. The van der Waals surface area contributed by atoms with Gasteiger partial charge in [-0.05, 0) is 20.3 Å². The molecular formula is C9H17NO. The minimum Gasteiger partial charge on any atom is -0.390 e. The van der Waals surface area contributed by atoms with Crippen molar-refractivity contribution >= 4 is 0 Å². The SMILES string of the molecule is CC(C)=CCCN1CC(O)C1. The van der Waals surface area contributed by atoms with Crippen molar-refractivity contribution in [2.24, 2.45) is 0 Å². The molecule has 0 saturated carbocycles. The molecule has 2 heteroatoms. The monoisotopic (exact) mass is 155 g/mol. The molecule has 1 aliphatic heterocycles. The first kappa shape index (κ1) is 8.75. The van der Waals surface area contributed by atoms with E-state index >= 15 is 0 Å². The fraction of sp³-hybridized carbons (Fsp3) is 0.778. The first-order chi connectivity index (χ1) is 5.18. The topological polar surface area (TPSA) is 23.5 Å². The van der Waals surface area contributed by atoms with E-state index in [1.165, 1.54) is 5.57 Å². The first-order valence-corrected chi connectivity index (χ1v) is 4.22. The Bertz CT molecular complexity index is 144. The molecule has 1 saturated heterocycles. The summed E-state index contributed by atoms with van der Waals surface area (Å²) in [7, 11) is 0. The van der Waals surface area contributed by atoms with Gasteiger partial charge >= 0.3 is 0 Å². The molecule has 64 valence electrons. The molecule has 0 bridgehead atoms. The first-order valence-electron chi connectivity index (χ1n) is 4.22. The van der Waals surface area contributed by atoms with Crippen molar-refractivity contribution in [3.63, 3.8) is 0 Å². The summed E-state index contributed by atoms with van der Waals surface area (Å²) in [5.74, 6) is 0. The summed E-state index contributed by atoms with van der Waals surface area (Å²) >= 11 is 0.